The van der Waals surface area contributed by atoms with E-state index in [1.807, 2.05) is 0 Å². The van der Waals surface area contributed by atoms with Gasteiger partial charge in [0.05, 0.1) is 9.95 Å². The zero-order chi connectivity index (χ0) is 13.8. The van der Waals surface area contributed by atoms with E-state index in [1.54, 1.807) is 6.07 Å². The third-order valence-corrected chi connectivity index (χ3v) is 2.60. The van der Waals surface area contributed by atoms with Crippen LogP contribution in [0.25, 0.3) is 0 Å². The van der Waals surface area contributed by atoms with E-state index in [2.05, 4.69) is 0 Å². The molecule has 7 heteroatoms. The Balaban J connectivity index is 2.19. The number of nitro benzene ring substituents is 1. The molecule has 2 rings (SSSR count). The lowest BCUT2D eigenvalue weighted by atomic mass is 10.3. The van der Waals surface area contributed by atoms with Crippen LogP contribution >= 0.6 is 11.6 Å². The van der Waals surface area contributed by atoms with Crippen molar-refractivity contribution in [3.05, 3.63) is 57.0 Å². The predicted octanol–water partition coefficient (Wildman–Crippen LogP) is 3.23. The van der Waals surface area contributed by atoms with Gasteiger partial charge in [0.25, 0.3) is 0 Å². The summed E-state index contributed by atoms with van der Waals surface area (Å²) >= 11 is 5.86. The van der Waals surface area contributed by atoms with Gasteiger partial charge in [-0.2, -0.15) is 0 Å². The molecule has 19 heavy (non-hydrogen) atoms. The van der Waals surface area contributed by atoms with Crippen LogP contribution in [-0.2, 0) is 6.61 Å². The van der Waals surface area contributed by atoms with Crippen molar-refractivity contribution in [2.45, 2.75) is 6.61 Å². The largest absolute Gasteiger partial charge is 0.478 e. The predicted molar refractivity (Wildman–Crippen MR) is 66.5 cm³/mol. The van der Waals surface area contributed by atoms with Gasteiger partial charge in [-0.05, 0) is 18.2 Å². The molecule has 0 radical (unpaired) electrons. The highest BCUT2D eigenvalue weighted by atomic mass is 35.5. The molecule has 0 amide bonds. The van der Waals surface area contributed by atoms with E-state index in [0.29, 0.717) is 12.0 Å². The number of carbonyl (C=O) groups is 1. The number of benzene rings is 1. The number of rotatable bonds is 5. The van der Waals surface area contributed by atoms with Crippen molar-refractivity contribution in [3.8, 4) is 5.75 Å². The molecule has 0 unspecified atom stereocenters. The molecular formula is C12H8ClNO5. The van der Waals surface area contributed by atoms with Crippen LogP contribution in [0.3, 0.4) is 0 Å². The number of hydrogen-bond donors (Lipinski definition) is 0. The lowest BCUT2D eigenvalue weighted by Gasteiger charge is -2.06. The number of para-hydroxylation sites is 1. The molecule has 0 spiro atoms. The van der Waals surface area contributed by atoms with Crippen molar-refractivity contribution >= 4 is 23.6 Å². The molecular weight excluding hydrogens is 274 g/mol. The van der Waals surface area contributed by atoms with Gasteiger partial charge in [0, 0.05) is 6.07 Å². The summed E-state index contributed by atoms with van der Waals surface area (Å²) in [7, 11) is 0. The second kappa shape index (κ2) is 5.53. The van der Waals surface area contributed by atoms with Crippen LogP contribution in [0.15, 0.2) is 34.7 Å². The number of halogens is 1. The Morgan fingerprint density at radius 3 is 2.79 bits per heavy atom. The Hall–Kier alpha value is -2.34. The number of furan rings is 1. The maximum atomic E-state index is 10.8. The van der Waals surface area contributed by atoms with Gasteiger partial charge in [-0.1, -0.05) is 17.7 Å². The minimum Gasteiger partial charge on any atom is -0.478 e. The molecule has 0 atom stereocenters. The van der Waals surface area contributed by atoms with Gasteiger partial charge in [0.15, 0.2) is 12.0 Å². The average Bonchev–Trinajstić information content (AvgIpc) is 2.85. The second-order valence-electron chi connectivity index (χ2n) is 3.56. The molecule has 6 nitrogen and oxygen atoms in total. The lowest BCUT2D eigenvalue weighted by Crippen LogP contribution is -1.99. The fraction of sp³-hybridized carbons (Fsp3) is 0.0833. The highest BCUT2D eigenvalue weighted by molar-refractivity contribution is 6.32. The minimum atomic E-state index is -0.583. The van der Waals surface area contributed by atoms with Gasteiger partial charge >= 0.3 is 5.69 Å². The Labute approximate surface area is 112 Å². The molecule has 98 valence electrons. The Kier molecular flexibility index (Phi) is 3.82. The SMILES string of the molecule is O=Cc1ccc(COc2c(Cl)cccc2[N+](=O)[O-])o1. The summed E-state index contributed by atoms with van der Waals surface area (Å²) in [4.78, 5) is 20.7. The second-order valence-corrected chi connectivity index (χ2v) is 3.96. The third kappa shape index (κ3) is 2.92. The van der Waals surface area contributed by atoms with Gasteiger partial charge in [0.1, 0.15) is 12.4 Å². The van der Waals surface area contributed by atoms with Crippen LogP contribution < -0.4 is 4.74 Å². The Morgan fingerprint density at radius 2 is 2.16 bits per heavy atom. The summed E-state index contributed by atoms with van der Waals surface area (Å²) < 4.78 is 10.4. The van der Waals surface area contributed by atoms with E-state index in [-0.39, 0.29) is 28.8 Å². The fourth-order valence-corrected chi connectivity index (χ4v) is 1.69. The van der Waals surface area contributed by atoms with E-state index in [1.165, 1.54) is 24.3 Å². The summed E-state index contributed by atoms with van der Waals surface area (Å²) in [6.45, 7) is -0.0571. The number of ether oxygens (including phenoxy) is 1. The Bertz CT molecular complexity index is 622. The summed E-state index contributed by atoms with van der Waals surface area (Å²) in [5, 5.41) is 11.0. The van der Waals surface area contributed by atoms with Crippen molar-refractivity contribution < 1.29 is 18.9 Å². The van der Waals surface area contributed by atoms with Crippen molar-refractivity contribution in [1.29, 1.82) is 0 Å². The molecule has 0 saturated heterocycles. The summed E-state index contributed by atoms with van der Waals surface area (Å²) in [6, 6.07) is 7.27. The van der Waals surface area contributed by atoms with Gasteiger partial charge in [0.2, 0.25) is 5.75 Å². The standard InChI is InChI=1S/C12H8ClNO5/c13-10-2-1-3-11(14(16)17)12(10)18-7-9-5-4-8(6-15)19-9/h1-6H,7H2. The highest BCUT2D eigenvalue weighted by Gasteiger charge is 2.18. The zero-order valence-electron chi connectivity index (χ0n) is 9.54. The first-order valence-electron chi connectivity index (χ1n) is 5.21. The normalized spacial score (nSPS) is 10.2. The first-order chi connectivity index (χ1) is 9.11. The van der Waals surface area contributed by atoms with Crippen molar-refractivity contribution in [1.82, 2.24) is 0 Å². The first kappa shape index (κ1) is 13.1. The van der Waals surface area contributed by atoms with Gasteiger partial charge in [-0.25, -0.2) is 0 Å². The average molecular weight is 282 g/mol. The minimum absolute atomic E-state index is 0.0294. The quantitative estimate of drug-likeness (QED) is 0.477. The summed E-state index contributed by atoms with van der Waals surface area (Å²) in [6.07, 6.45) is 0.557. The van der Waals surface area contributed by atoms with Crippen LogP contribution in [0.4, 0.5) is 5.69 Å². The number of carbonyl (C=O) groups excluding carboxylic acids is 1. The van der Waals surface area contributed by atoms with Gasteiger partial charge in [-0.15, -0.1) is 0 Å². The smallest absolute Gasteiger partial charge is 0.312 e. The van der Waals surface area contributed by atoms with E-state index >= 15 is 0 Å². The lowest BCUT2D eigenvalue weighted by molar-refractivity contribution is -0.385. The molecule has 0 aliphatic rings. The summed E-state index contributed by atoms with van der Waals surface area (Å²) in [5.41, 5.74) is -0.227. The molecule has 0 N–H and O–H groups in total. The molecule has 2 aromatic rings. The molecule has 1 aromatic heterocycles. The topological polar surface area (TPSA) is 82.6 Å². The van der Waals surface area contributed by atoms with Crippen LogP contribution in [0.1, 0.15) is 16.3 Å². The van der Waals surface area contributed by atoms with E-state index < -0.39 is 4.92 Å². The number of nitro groups is 1. The third-order valence-electron chi connectivity index (χ3n) is 2.30. The molecule has 0 saturated carbocycles. The van der Waals surface area contributed by atoms with E-state index in [4.69, 9.17) is 20.8 Å². The number of hydrogen-bond acceptors (Lipinski definition) is 5. The molecule has 1 aromatic carbocycles. The number of nitrogens with zero attached hydrogens (tertiary/aromatic N) is 1. The van der Waals surface area contributed by atoms with Gasteiger partial charge in [-0.3, -0.25) is 14.9 Å². The number of aldehydes is 1. The molecule has 1 heterocycles. The Morgan fingerprint density at radius 1 is 1.37 bits per heavy atom. The zero-order valence-corrected chi connectivity index (χ0v) is 10.3. The molecule has 0 bridgehead atoms. The van der Waals surface area contributed by atoms with Gasteiger partial charge < -0.3 is 9.15 Å². The van der Waals surface area contributed by atoms with Crippen molar-refractivity contribution in [2.24, 2.45) is 0 Å². The monoisotopic (exact) mass is 281 g/mol. The van der Waals surface area contributed by atoms with Crippen molar-refractivity contribution in [3.63, 3.8) is 0 Å². The van der Waals surface area contributed by atoms with Crippen LogP contribution in [0, 0.1) is 10.1 Å². The molecule has 0 aliphatic carbocycles. The molecule has 0 aliphatic heterocycles. The fourth-order valence-electron chi connectivity index (χ4n) is 1.46. The highest BCUT2D eigenvalue weighted by Crippen LogP contribution is 2.34. The maximum Gasteiger partial charge on any atom is 0.312 e. The first-order valence-corrected chi connectivity index (χ1v) is 5.59. The van der Waals surface area contributed by atoms with Crippen molar-refractivity contribution in [2.75, 3.05) is 0 Å². The van der Waals surface area contributed by atoms with Crippen LogP contribution in [0.5, 0.6) is 5.75 Å². The van der Waals surface area contributed by atoms with Crippen LogP contribution in [-0.4, -0.2) is 11.2 Å². The maximum absolute atomic E-state index is 10.8. The van der Waals surface area contributed by atoms with Crippen LogP contribution in [0.2, 0.25) is 5.02 Å². The summed E-state index contributed by atoms with van der Waals surface area (Å²) in [5.74, 6) is 0.502. The van der Waals surface area contributed by atoms with E-state index in [9.17, 15) is 14.9 Å². The molecule has 0 fully saturated rings. The van der Waals surface area contributed by atoms with E-state index in [0.717, 1.165) is 0 Å².